The molecule has 0 bridgehead atoms. The Morgan fingerprint density at radius 2 is 1.86 bits per heavy atom. The SMILES string of the molecule is CCN(CCCN(C)C(=O)OC(C)(C)C)S(=O)(=O)c1ccc2cnccc2c1. The molecule has 0 unspecified atom stereocenters. The first-order chi connectivity index (χ1) is 13.0. The first kappa shape index (κ1) is 22.1. The lowest BCUT2D eigenvalue weighted by atomic mass is 10.2. The summed E-state index contributed by atoms with van der Waals surface area (Å²) in [6, 6.07) is 6.83. The summed E-state index contributed by atoms with van der Waals surface area (Å²) >= 11 is 0. The molecule has 0 radical (unpaired) electrons. The quantitative estimate of drug-likeness (QED) is 0.702. The van der Waals surface area contributed by atoms with Crippen molar-refractivity contribution in [1.29, 1.82) is 0 Å². The van der Waals surface area contributed by atoms with Crippen LogP contribution in [0.15, 0.2) is 41.6 Å². The number of nitrogens with zero attached hydrogens (tertiary/aromatic N) is 3. The lowest BCUT2D eigenvalue weighted by Gasteiger charge is -2.26. The third-order valence-corrected chi connectivity index (χ3v) is 6.18. The molecule has 0 saturated carbocycles. The smallest absolute Gasteiger partial charge is 0.410 e. The number of ether oxygens (including phenoxy) is 1. The second kappa shape index (κ2) is 8.87. The van der Waals surface area contributed by atoms with Crippen LogP contribution in [0.3, 0.4) is 0 Å². The molecule has 2 rings (SSSR count). The molecule has 1 aromatic heterocycles. The number of hydrogen-bond acceptors (Lipinski definition) is 5. The third kappa shape index (κ3) is 5.65. The molecule has 7 nitrogen and oxygen atoms in total. The summed E-state index contributed by atoms with van der Waals surface area (Å²) in [7, 11) is -1.96. The highest BCUT2D eigenvalue weighted by Gasteiger charge is 2.24. The summed E-state index contributed by atoms with van der Waals surface area (Å²) in [5.41, 5.74) is -0.560. The Balaban J connectivity index is 2.03. The molecular weight excluding hydrogens is 378 g/mol. The van der Waals surface area contributed by atoms with Crippen LogP contribution in [0.25, 0.3) is 10.8 Å². The fourth-order valence-corrected chi connectivity index (χ4v) is 4.26. The van der Waals surface area contributed by atoms with Crippen LogP contribution in [-0.4, -0.2) is 61.0 Å². The molecule has 1 heterocycles. The van der Waals surface area contributed by atoms with E-state index in [0.717, 1.165) is 10.8 Å². The molecule has 0 N–H and O–H groups in total. The van der Waals surface area contributed by atoms with Gasteiger partial charge in [-0.05, 0) is 50.8 Å². The topological polar surface area (TPSA) is 79.8 Å². The number of pyridine rings is 1. The summed E-state index contributed by atoms with van der Waals surface area (Å²) < 4.78 is 32.8. The second-order valence-electron chi connectivity index (χ2n) is 7.64. The molecule has 28 heavy (non-hydrogen) atoms. The Morgan fingerprint density at radius 1 is 1.14 bits per heavy atom. The fourth-order valence-electron chi connectivity index (χ4n) is 2.73. The number of sulfonamides is 1. The third-order valence-electron chi connectivity index (χ3n) is 4.21. The zero-order valence-corrected chi connectivity index (χ0v) is 18.0. The molecular formula is C20H29N3O4S. The largest absolute Gasteiger partial charge is 0.444 e. The maximum atomic E-state index is 13.0. The van der Waals surface area contributed by atoms with Gasteiger partial charge in [0.2, 0.25) is 10.0 Å². The van der Waals surface area contributed by atoms with Crippen LogP contribution < -0.4 is 0 Å². The van der Waals surface area contributed by atoms with Gasteiger partial charge < -0.3 is 9.64 Å². The first-order valence-electron chi connectivity index (χ1n) is 9.32. The van der Waals surface area contributed by atoms with Crippen LogP contribution in [0.5, 0.6) is 0 Å². The van der Waals surface area contributed by atoms with Crippen molar-refractivity contribution in [2.75, 3.05) is 26.7 Å². The Bertz CT molecular complexity index is 922. The van der Waals surface area contributed by atoms with Crippen molar-refractivity contribution in [3.05, 3.63) is 36.7 Å². The molecule has 8 heteroatoms. The standard InChI is InChI=1S/C20H29N3O4S/c1-6-23(13-7-12-22(5)19(24)27-20(2,3)4)28(25,26)18-9-8-17-15-21-11-10-16(17)14-18/h8-11,14-15H,6-7,12-13H2,1-5H3. The number of carbonyl (C=O) groups excluding carboxylic acids is 1. The number of fused-ring (bicyclic) bond motifs is 1. The molecule has 0 atom stereocenters. The molecule has 1 amide bonds. The molecule has 0 aliphatic rings. The minimum absolute atomic E-state index is 0.258. The molecule has 1 aromatic carbocycles. The highest BCUT2D eigenvalue weighted by atomic mass is 32.2. The lowest BCUT2D eigenvalue weighted by Crippen LogP contribution is -2.37. The average molecular weight is 408 g/mol. The van der Waals surface area contributed by atoms with Gasteiger partial charge in [-0.2, -0.15) is 4.31 Å². The van der Waals surface area contributed by atoms with Crippen molar-refractivity contribution in [2.45, 2.75) is 44.6 Å². The number of rotatable bonds is 7. The Hall–Kier alpha value is -2.19. The Kier molecular flexibility index (Phi) is 7.01. The summed E-state index contributed by atoms with van der Waals surface area (Å²) in [4.78, 5) is 17.8. The van der Waals surface area contributed by atoms with Gasteiger partial charge in [0.05, 0.1) is 4.90 Å². The van der Waals surface area contributed by atoms with Crippen molar-refractivity contribution in [2.24, 2.45) is 0 Å². The van der Waals surface area contributed by atoms with E-state index in [0.29, 0.717) is 26.1 Å². The van der Waals surface area contributed by atoms with Crippen LogP contribution in [-0.2, 0) is 14.8 Å². The van der Waals surface area contributed by atoms with Crippen LogP contribution in [0.1, 0.15) is 34.1 Å². The van der Waals surface area contributed by atoms with Gasteiger partial charge in [-0.3, -0.25) is 4.98 Å². The summed E-state index contributed by atoms with van der Waals surface area (Å²) in [6.45, 7) is 8.31. The fraction of sp³-hybridized carbons (Fsp3) is 0.500. The molecule has 0 saturated heterocycles. The highest BCUT2D eigenvalue weighted by molar-refractivity contribution is 7.89. The van der Waals surface area contributed by atoms with Gasteiger partial charge in [-0.25, -0.2) is 13.2 Å². The summed E-state index contributed by atoms with van der Waals surface area (Å²) in [5, 5.41) is 1.72. The van der Waals surface area contributed by atoms with E-state index in [1.54, 1.807) is 50.6 Å². The van der Waals surface area contributed by atoms with Crippen molar-refractivity contribution < 1.29 is 17.9 Å². The monoisotopic (exact) mass is 407 g/mol. The van der Waals surface area contributed by atoms with Gasteiger partial charge in [-0.1, -0.05) is 13.0 Å². The van der Waals surface area contributed by atoms with Crippen LogP contribution in [0, 0.1) is 0 Å². The highest BCUT2D eigenvalue weighted by Crippen LogP contribution is 2.21. The maximum Gasteiger partial charge on any atom is 0.410 e. The van der Waals surface area contributed by atoms with E-state index in [1.807, 2.05) is 20.8 Å². The molecule has 0 fully saturated rings. The van der Waals surface area contributed by atoms with E-state index < -0.39 is 21.7 Å². The zero-order valence-electron chi connectivity index (χ0n) is 17.2. The summed E-state index contributed by atoms with van der Waals surface area (Å²) in [6.07, 6.45) is 3.44. The molecule has 0 aliphatic heterocycles. The van der Waals surface area contributed by atoms with Crippen LogP contribution in [0.2, 0.25) is 0 Å². The molecule has 2 aromatic rings. The number of amides is 1. The maximum absolute atomic E-state index is 13.0. The van der Waals surface area contributed by atoms with Gasteiger partial charge in [0.25, 0.3) is 0 Å². The normalized spacial score (nSPS) is 12.4. The molecule has 0 spiro atoms. The van der Waals surface area contributed by atoms with Gasteiger partial charge in [-0.15, -0.1) is 0 Å². The van der Waals surface area contributed by atoms with E-state index in [4.69, 9.17) is 4.74 Å². The number of benzene rings is 1. The lowest BCUT2D eigenvalue weighted by molar-refractivity contribution is 0.0295. The van der Waals surface area contributed by atoms with Crippen molar-refractivity contribution in [3.63, 3.8) is 0 Å². The van der Waals surface area contributed by atoms with Gasteiger partial charge in [0, 0.05) is 44.5 Å². The van der Waals surface area contributed by atoms with E-state index in [1.165, 1.54) is 9.21 Å². The Labute approximate surface area is 167 Å². The van der Waals surface area contributed by atoms with E-state index in [9.17, 15) is 13.2 Å². The van der Waals surface area contributed by atoms with Crippen molar-refractivity contribution in [3.8, 4) is 0 Å². The molecule has 154 valence electrons. The van der Waals surface area contributed by atoms with Gasteiger partial charge in [0.15, 0.2) is 0 Å². The predicted molar refractivity (Wildman–Crippen MR) is 110 cm³/mol. The summed E-state index contributed by atoms with van der Waals surface area (Å²) in [5.74, 6) is 0. The minimum Gasteiger partial charge on any atom is -0.444 e. The molecule has 0 aliphatic carbocycles. The number of carbonyl (C=O) groups is 1. The Morgan fingerprint density at radius 3 is 2.50 bits per heavy atom. The van der Waals surface area contributed by atoms with E-state index in [2.05, 4.69) is 4.98 Å². The van der Waals surface area contributed by atoms with Crippen LogP contribution in [0.4, 0.5) is 4.79 Å². The first-order valence-corrected chi connectivity index (χ1v) is 10.8. The van der Waals surface area contributed by atoms with Crippen LogP contribution >= 0.6 is 0 Å². The average Bonchev–Trinajstić information content (AvgIpc) is 2.63. The van der Waals surface area contributed by atoms with E-state index in [-0.39, 0.29) is 4.90 Å². The predicted octanol–water partition coefficient (Wildman–Crippen LogP) is 3.50. The van der Waals surface area contributed by atoms with E-state index >= 15 is 0 Å². The number of hydrogen-bond donors (Lipinski definition) is 0. The van der Waals surface area contributed by atoms with Gasteiger partial charge in [0.1, 0.15) is 5.60 Å². The van der Waals surface area contributed by atoms with Crippen molar-refractivity contribution >= 4 is 26.9 Å². The number of aromatic nitrogens is 1. The minimum atomic E-state index is -3.61. The zero-order chi connectivity index (χ0) is 20.9. The van der Waals surface area contributed by atoms with Crippen molar-refractivity contribution in [1.82, 2.24) is 14.2 Å². The second-order valence-corrected chi connectivity index (χ2v) is 9.57. The van der Waals surface area contributed by atoms with Gasteiger partial charge >= 0.3 is 6.09 Å².